The summed E-state index contributed by atoms with van der Waals surface area (Å²) in [6, 6.07) is 13.2. The Balaban J connectivity index is 1.31. The molecular formula is C29H33BrN6O4. The number of nitrogens with one attached hydrogen (secondary N) is 1. The topological polar surface area (TPSA) is 124 Å². The lowest BCUT2D eigenvalue weighted by Gasteiger charge is -2.28. The summed E-state index contributed by atoms with van der Waals surface area (Å²) in [5.41, 5.74) is 1.99. The number of amides is 2. The number of anilines is 2. The number of aryl methyl sites for hydroxylation is 1. The Bertz CT molecular complexity index is 1410. The van der Waals surface area contributed by atoms with Crippen molar-refractivity contribution in [2.24, 2.45) is 5.92 Å². The summed E-state index contributed by atoms with van der Waals surface area (Å²) in [5, 5.41) is 32.1. The van der Waals surface area contributed by atoms with Crippen LogP contribution >= 0.6 is 15.9 Å². The van der Waals surface area contributed by atoms with Crippen LogP contribution in [-0.2, 0) is 34.7 Å². The van der Waals surface area contributed by atoms with Crippen LogP contribution in [0.4, 0.5) is 11.4 Å². The van der Waals surface area contributed by atoms with Gasteiger partial charge in [-0.3, -0.25) is 14.3 Å². The Kier molecular flexibility index (Phi) is 8.46. The van der Waals surface area contributed by atoms with E-state index in [0.717, 1.165) is 28.0 Å². The van der Waals surface area contributed by atoms with Crippen LogP contribution in [0.15, 0.2) is 65.3 Å². The molecule has 2 aromatic carbocycles. The lowest BCUT2D eigenvalue weighted by molar-refractivity contribution is -0.139. The van der Waals surface area contributed by atoms with Gasteiger partial charge in [-0.1, -0.05) is 52.4 Å². The minimum Gasteiger partial charge on any atom is -0.396 e. The molecule has 3 N–H and O–H groups in total. The van der Waals surface area contributed by atoms with Gasteiger partial charge in [-0.15, -0.1) is 5.10 Å². The number of aliphatic hydroxyl groups is 2. The van der Waals surface area contributed by atoms with E-state index in [1.165, 1.54) is 0 Å². The molecule has 0 spiro atoms. The van der Waals surface area contributed by atoms with Crippen LogP contribution in [0.2, 0.25) is 0 Å². The summed E-state index contributed by atoms with van der Waals surface area (Å²) in [5.74, 6) is -0.822. The van der Waals surface area contributed by atoms with E-state index < -0.39 is 11.5 Å². The van der Waals surface area contributed by atoms with Crippen molar-refractivity contribution in [1.82, 2.24) is 20.3 Å². The maximum Gasteiger partial charge on any atom is 0.264 e. The average molecular weight is 610 g/mol. The van der Waals surface area contributed by atoms with Gasteiger partial charge in [-0.2, -0.15) is 0 Å². The number of aliphatic hydroxyl groups excluding tert-OH is 1. The summed E-state index contributed by atoms with van der Waals surface area (Å²) >= 11 is 3.50. The molecule has 3 heterocycles. The molecule has 3 aromatic rings. The Hall–Kier alpha value is -3.38. The Morgan fingerprint density at radius 3 is 2.75 bits per heavy atom. The van der Waals surface area contributed by atoms with Crippen LogP contribution < -0.4 is 15.1 Å². The number of hydrogen-bond donors (Lipinski definition) is 3. The first kappa shape index (κ1) is 28.2. The van der Waals surface area contributed by atoms with E-state index in [9.17, 15) is 14.7 Å². The normalized spacial score (nSPS) is 20.0. The zero-order chi connectivity index (χ0) is 28.3. The number of aromatic nitrogens is 3. The highest BCUT2D eigenvalue weighted by Crippen LogP contribution is 2.46. The van der Waals surface area contributed by atoms with E-state index in [4.69, 9.17) is 5.11 Å². The van der Waals surface area contributed by atoms with Gasteiger partial charge in [0.1, 0.15) is 0 Å². The SMILES string of the molecule is C[C@@H](/C=C/CCn1cc(CCO)nn1)[C@]1(O)C(=O)N(Cc2ccc(N3CCNCC3=O)cc2)c2ccc(Br)cc21. The van der Waals surface area contributed by atoms with E-state index in [1.807, 2.05) is 61.5 Å². The molecule has 40 heavy (non-hydrogen) atoms. The predicted octanol–water partition coefficient (Wildman–Crippen LogP) is 2.53. The second-order valence-corrected chi connectivity index (χ2v) is 11.1. The third-order valence-corrected chi connectivity index (χ3v) is 7.97. The van der Waals surface area contributed by atoms with Crippen molar-refractivity contribution in [3.63, 3.8) is 0 Å². The number of benzene rings is 2. The van der Waals surface area contributed by atoms with Crippen LogP contribution in [0.3, 0.4) is 0 Å². The van der Waals surface area contributed by atoms with E-state index in [2.05, 4.69) is 31.6 Å². The minimum atomic E-state index is -1.72. The fraction of sp³-hybridized carbons (Fsp3) is 0.379. The molecule has 2 amide bonds. The number of halogens is 1. The molecule has 1 saturated heterocycles. The van der Waals surface area contributed by atoms with Gasteiger partial charge in [0, 0.05) is 60.5 Å². The molecule has 0 unspecified atom stereocenters. The Morgan fingerprint density at radius 2 is 2.00 bits per heavy atom. The van der Waals surface area contributed by atoms with Crippen LogP contribution in [0, 0.1) is 5.92 Å². The highest BCUT2D eigenvalue weighted by Gasteiger charge is 2.52. The molecule has 0 aliphatic carbocycles. The van der Waals surface area contributed by atoms with Crippen molar-refractivity contribution in [3.8, 4) is 0 Å². The molecule has 2 aliphatic rings. The molecule has 0 saturated carbocycles. The van der Waals surface area contributed by atoms with Gasteiger partial charge in [-0.05, 0) is 42.3 Å². The van der Waals surface area contributed by atoms with Crippen molar-refractivity contribution in [2.75, 3.05) is 36.0 Å². The van der Waals surface area contributed by atoms with Crippen LogP contribution in [0.25, 0.3) is 0 Å². The Labute approximate surface area is 241 Å². The molecule has 1 aromatic heterocycles. The van der Waals surface area contributed by atoms with Gasteiger partial charge >= 0.3 is 0 Å². The van der Waals surface area contributed by atoms with E-state index in [0.29, 0.717) is 50.3 Å². The first-order valence-corrected chi connectivity index (χ1v) is 14.2. The number of piperazine rings is 1. The molecule has 1 fully saturated rings. The first-order chi connectivity index (χ1) is 19.3. The van der Waals surface area contributed by atoms with E-state index in [1.54, 1.807) is 20.7 Å². The summed E-state index contributed by atoms with van der Waals surface area (Å²) in [6.07, 6.45) is 6.74. The maximum atomic E-state index is 13.8. The molecule has 10 nitrogen and oxygen atoms in total. The zero-order valence-corrected chi connectivity index (χ0v) is 23.9. The molecule has 2 aliphatic heterocycles. The standard InChI is InChI=1S/C29H33BrN6O4/c1-20(4-2-3-13-34-19-23(11-15-37)32-33-34)29(40)25-16-22(30)7-10-26(25)36(28(29)39)18-21-5-8-24(9-6-21)35-14-12-31-17-27(35)38/h2,4-10,16,19-20,31,37,40H,3,11-15,17-18H2,1H3/b4-2+/t20-,29+/m0/s1. The lowest BCUT2D eigenvalue weighted by Crippen LogP contribution is -2.48. The number of rotatable bonds is 10. The van der Waals surface area contributed by atoms with Crippen molar-refractivity contribution in [3.05, 3.63) is 82.1 Å². The number of hydrogen-bond acceptors (Lipinski definition) is 7. The van der Waals surface area contributed by atoms with Crippen molar-refractivity contribution in [2.45, 2.75) is 38.5 Å². The van der Waals surface area contributed by atoms with Gasteiger partial charge in [-0.25, -0.2) is 0 Å². The third-order valence-electron chi connectivity index (χ3n) is 7.47. The fourth-order valence-electron chi connectivity index (χ4n) is 5.24. The molecule has 210 valence electrons. The first-order valence-electron chi connectivity index (χ1n) is 13.4. The number of nitrogens with zero attached hydrogens (tertiary/aromatic N) is 5. The minimum absolute atomic E-state index is 0.0279. The monoisotopic (exact) mass is 608 g/mol. The van der Waals surface area contributed by atoms with Crippen LogP contribution in [-0.4, -0.2) is 63.3 Å². The summed E-state index contributed by atoms with van der Waals surface area (Å²) in [4.78, 5) is 29.5. The number of fused-ring (bicyclic) bond motifs is 1. The molecule has 2 atom stereocenters. The van der Waals surface area contributed by atoms with Gasteiger partial charge in [0.05, 0.1) is 24.5 Å². The van der Waals surface area contributed by atoms with Crippen molar-refractivity contribution in [1.29, 1.82) is 0 Å². The quantitative estimate of drug-likeness (QED) is 0.302. The van der Waals surface area contributed by atoms with Gasteiger partial charge in [0.25, 0.3) is 5.91 Å². The molecule has 11 heteroatoms. The van der Waals surface area contributed by atoms with E-state index in [-0.39, 0.29) is 18.4 Å². The second kappa shape index (κ2) is 12.0. The fourth-order valence-corrected chi connectivity index (χ4v) is 5.60. The molecule has 5 rings (SSSR count). The highest BCUT2D eigenvalue weighted by molar-refractivity contribution is 9.10. The predicted molar refractivity (Wildman–Crippen MR) is 155 cm³/mol. The smallest absolute Gasteiger partial charge is 0.264 e. The lowest BCUT2D eigenvalue weighted by atomic mass is 9.83. The second-order valence-electron chi connectivity index (χ2n) is 10.2. The van der Waals surface area contributed by atoms with E-state index >= 15 is 0 Å². The zero-order valence-electron chi connectivity index (χ0n) is 22.3. The third kappa shape index (κ3) is 5.60. The largest absolute Gasteiger partial charge is 0.396 e. The Morgan fingerprint density at radius 1 is 1.20 bits per heavy atom. The number of carbonyl (C=O) groups is 2. The van der Waals surface area contributed by atoms with Crippen molar-refractivity contribution < 1.29 is 19.8 Å². The summed E-state index contributed by atoms with van der Waals surface area (Å²) in [7, 11) is 0. The van der Waals surface area contributed by atoms with Gasteiger partial charge in [0.2, 0.25) is 5.91 Å². The van der Waals surface area contributed by atoms with Gasteiger partial charge in [0.15, 0.2) is 5.60 Å². The van der Waals surface area contributed by atoms with Crippen LogP contribution in [0.5, 0.6) is 0 Å². The molecule has 0 radical (unpaired) electrons. The highest BCUT2D eigenvalue weighted by atomic mass is 79.9. The summed E-state index contributed by atoms with van der Waals surface area (Å²) in [6.45, 7) is 4.46. The summed E-state index contributed by atoms with van der Waals surface area (Å²) < 4.78 is 2.50. The average Bonchev–Trinajstić information content (AvgIpc) is 3.49. The number of carbonyl (C=O) groups excluding carboxylic acids is 2. The number of allylic oxidation sites excluding steroid dienone is 1. The van der Waals surface area contributed by atoms with Crippen molar-refractivity contribution >= 4 is 39.1 Å². The molecule has 0 bridgehead atoms. The van der Waals surface area contributed by atoms with Crippen LogP contribution in [0.1, 0.15) is 30.2 Å². The maximum absolute atomic E-state index is 13.8. The van der Waals surface area contributed by atoms with Gasteiger partial charge < -0.3 is 25.3 Å². The molecular weight excluding hydrogens is 576 g/mol.